The third-order valence-corrected chi connectivity index (χ3v) is 6.32. The highest BCUT2D eigenvalue weighted by molar-refractivity contribution is 7.80. The molecule has 3 N–H and O–H groups in total. The monoisotopic (exact) mass is 494 g/mol. The number of hydrogen-bond acceptors (Lipinski definition) is 7. The molecular formula is C25H27FN6O2S. The van der Waals surface area contributed by atoms with E-state index < -0.39 is 0 Å². The van der Waals surface area contributed by atoms with Crippen LogP contribution in [0.2, 0.25) is 0 Å². The molecule has 0 bridgehead atoms. The highest BCUT2D eigenvalue weighted by Gasteiger charge is 2.48. The molecule has 4 atom stereocenters. The molecule has 5 rings (SSSR count). The molecule has 3 aromatic rings. The van der Waals surface area contributed by atoms with Gasteiger partial charge in [-0.15, -0.1) is 0 Å². The molecule has 3 heterocycles. The van der Waals surface area contributed by atoms with Crippen molar-refractivity contribution in [2.75, 3.05) is 42.8 Å². The molecule has 35 heavy (non-hydrogen) atoms. The lowest BCUT2D eigenvalue weighted by atomic mass is 10.1. The summed E-state index contributed by atoms with van der Waals surface area (Å²) < 4.78 is 25.7. The van der Waals surface area contributed by atoms with E-state index in [9.17, 15) is 4.39 Å². The van der Waals surface area contributed by atoms with Crippen LogP contribution < -0.4 is 20.9 Å². The van der Waals surface area contributed by atoms with Gasteiger partial charge >= 0.3 is 0 Å². The summed E-state index contributed by atoms with van der Waals surface area (Å²) in [5, 5.41) is 10.4. The van der Waals surface area contributed by atoms with Crippen LogP contribution in [0.15, 0.2) is 60.8 Å². The standard InChI is InChI=1S/C25H27FN6O2S/c1-32(2)18-8-6-17(7-9-18)28-25(35)31-21-14-34-22-20(13-33-23(21)22)30-24-27-11-10-19(29-24)15-4-3-5-16(26)12-15/h3-12,20-23H,13-14H2,1-2H3,(H,27,29,30)(H2,28,31,35)/t20-,21+,22-,23+/m0/s1. The number of aromatic nitrogens is 2. The van der Waals surface area contributed by atoms with Gasteiger partial charge in [0, 0.05) is 37.2 Å². The molecular weight excluding hydrogens is 467 g/mol. The number of benzene rings is 2. The van der Waals surface area contributed by atoms with E-state index in [-0.39, 0.29) is 30.1 Å². The first kappa shape index (κ1) is 23.4. The first-order chi connectivity index (χ1) is 17.0. The Labute approximate surface area is 208 Å². The van der Waals surface area contributed by atoms with E-state index in [0.717, 1.165) is 11.4 Å². The molecule has 2 aliphatic rings. The second-order valence-electron chi connectivity index (χ2n) is 8.77. The van der Waals surface area contributed by atoms with Crippen molar-refractivity contribution < 1.29 is 13.9 Å². The van der Waals surface area contributed by atoms with Gasteiger partial charge in [-0.25, -0.2) is 14.4 Å². The number of ether oxygens (including phenoxy) is 2. The predicted octanol–water partition coefficient (Wildman–Crippen LogP) is 3.28. The molecule has 2 aromatic carbocycles. The van der Waals surface area contributed by atoms with Gasteiger partial charge in [0.25, 0.3) is 0 Å². The van der Waals surface area contributed by atoms with E-state index >= 15 is 0 Å². The number of thiocarbonyl (C=S) groups is 1. The zero-order chi connectivity index (χ0) is 24.4. The van der Waals surface area contributed by atoms with Gasteiger partial charge in [0.2, 0.25) is 5.95 Å². The fourth-order valence-corrected chi connectivity index (χ4v) is 4.60. The van der Waals surface area contributed by atoms with Crippen molar-refractivity contribution in [3.63, 3.8) is 0 Å². The number of nitrogens with one attached hydrogen (secondary N) is 3. The summed E-state index contributed by atoms with van der Waals surface area (Å²) in [7, 11) is 4.00. The minimum absolute atomic E-state index is 0.0765. The van der Waals surface area contributed by atoms with Gasteiger partial charge in [0.1, 0.15) is 18.0 Å². The Morgan fingerprint density at radius 1 is 1.03 bits per heavy atom. The van der Waals surface area contributed by atoms with Crippen LogP contribution in [0.25, 0.3) is 11.3 Å². The highest BCUT2D eigenvalue weighted by atomic mass is 32.1. The molecule has 0 aliphatic carbocycles. The SMILES string of the molecule is CN(C)c1ccc(NC(=S)N[C@@H]2CO[C@@H]3[C@@H]2OC[C@@H]3Nc2nccc(-c3cccc(F)c3)n2)cc1. The molecule has 182 valence electrons. The maximum absolute atomic E-state index is 13.6. The number of nitrogens with zero attached hydrogens (tertiary/aromatic N) is 3. The van der Waals surface area contributed by atoms with E-state index in [4.69, 9.17) is 21.7 Å². The maximum Gasteiger partial charge on any atom is 0.223 e. The molecule has 0 saturated carbocycles. The Morgan fingerprint density at radius 2 is 1.77 bits per heavy atom. The summed E-state index contributed by atoms with van der Waals surface area (Å²) in [6, 6.07) is 15.9. The van der Waals surface area contributed by atoms with Crippen molar-refractivity contribution in [1.29, 1.82) is 0 Å². The molecule has 8 nitrogen and oxygen atoms in total. The zero-order valence-corrected chi connectivity index (χ0v) is 20.3. The van der Waals surface area contributed by atoms with Crippen LogP contribution in [0.1, 0.15) is 0 Å². The number of halogens is 1. The van der Waals surface area contributed by atoms with Crippen molar-refractivity contribution in [3.05, 3.63) is 66.6 Å². The maximum atomic E-state index is 13.6. The van der Waals surface area contributed by atoms with Crippen LogP contribution in [0.5, 0.6) is 0 Å². The summed E-state index contributed by atoms with van der Waals surface area (Å²) in [5.74, 6) is 0.137. The molecule has 0 amide bonds. The summed E-state index contributed by atoms with van der Waals surface area (Å²) >= 11 is 5.52. The Kier molecular flexibility index (Phi) is 6.76. The molecule has 0 radical (unpaired) electrons. The van der Waals surface area contributed by atoms with Crippen molar-refractivity contribution in [3.8, 4) is 11.3 Å². The van der Waals surface area contributed by atoms with Crippen molar-refractivity contribution in [2.24, 2.45) is 0 Å². The summed E-state index contributed by atoms with van der Waals surface area (Å²) in [4.78, 5) is 10.9. The van der Waals surface area contributed by atoms with Gasteiger partial charge in [-0.2, -0.15) is 0 Å². The van der Waals surface area contributed by atoms with Crippen molar-refractivity contribution in [2.45, 2.75) is 24.3 Å². The van der Waals surface area contributed by atoms with E-state index in [1.165, 1.54) is 12.1 Å². The Hall–Kier alpha value is -3.34. The molecule has 0 spiro atoms. The van der Waals surface area contributed by atoms with Gasteiger partial charge < -0.3 is 30.3 Å². The third kappa shape index (κ3) is 5.34. The molecule has 1 aromatic heterocycles. The largest absolute Gasteiger partial charge is 0.378 e. The Balaban J connectivity index is 1.18. The second kappa shape index (κ2) is 10.1. The van der Waals surface area contributed by atoms with Gasteiger partial charge in [-0.05, 0) is 54.7 Å². The van der Waals surface area contributed by atoms with Crippen molar-refractivity contribution >= 4 is 34.7 Å². The van der Waals surface area contributed by atoms with E-state index in [0.29, 0.717) is 35.5 Å². The first-order valence-electron chi connectivity index (χ1n) is 11.4. The Bertz CT molecular complexity index is 1190. The van der Waals surface area contributed by atoms with E-state index in [1.54, 1.807) is 18.3 Å². The molecule has 10 heteroatoms. The lowest BCUT2D eigenvalue weighted by Crippen LogP contribution is -2.46. The average Bonchev–Trinajstić information content (AvgIpc) is 3.43. The minimum Gasteiger partial charge on any atom is -0.378 e. The summed E-state index contributed by atoms with van der Waals surface area (Å²) in [6.07, 6.45) is 1.32. The van der Waals surface area contributed by atoms with Gasteiger partial charge in [0.15, 0.2) is 5.11 Å². The van der Waals surface area contributed by atoms with Gasteiger partial charge in [0.05, 0.1) is 31.0 Å². The number of hydrogen-bond donors (Lipinski definition) is 3. The molecule has 2 fully saturated rings. The third-order valence-electron chi connectivity index (χ3n) is 6.10. The average molecular weight is 495 g/mol. The molecule has 0 unspecified atom stereocenters. The quantitative estimate of drug-likeness (QED) is 0.447. The van der Waals surface area contributed by atoms with E-state index in [2.05, 4.69) is 25.9 Å². The number of fused-ring (bicyclic) bond motifs is 1. The van der Waals surface area contributed by atoms with Crippen LogP contribution in [-0.4, -0.2) is 66.7 Å². The van der Waals surface area contributed by atoms with Crippen LogP contribution in [0.4, 0.5) is 21.7 Å². The van der Waals surface area contributed by atoms with E-state index in [1.807, 2.05) is 49.3 Å². The number of anilines is 3. The highest BCUT2D eigenvalue weighted by Crippen LogP contribution is 2.29. The topological polar surface area (TPSA) is 83.6 Å². The molecule has 2 saturated heterocycles. The molecule has 2 aliphatic heterocycles. The van der Waals surface area contributed by atoms with Gasteiger partial charge in [-0.1, -0.05) is 12.1 Å². The Morgan fingerprint density at radius 3 is 2.51 bits per heavy atom. The normalized spacial score (nSPS) is 22.9. The van der Waals surface area contributed by atoms with Gasteiger partial charge in [-0.3, -0.25) is 0 Å². The lowest BCUT2D eigenvalue weighted by molar-refractivity contribution is 0.0689. The van der Waals surface area contributed by atoms with Crippen LogP contribution in [0, 0.1) is 5.82 Å². The van der Waals surface area contributed by atoms with Crippen molar-refractivity contribution in [1.82, 2.24) is 15.3 Å². The first-order valence-corrected chi connectivity index (χ1v) is 11.8. The fourth-order valence-electron chi connectivity index (χ4n) is 4.33. The summed E-state index contributed by atoms with van der Waals surface area (Å²) in [6.45, 7) is 0.923. The van der Waals surface area contributed by atoms with Crippen LogP contribution in [0.3, 0.4) is 0 Å². The fraction of sp³-hybridized carbons (Fsp3) is 0.320. The minimum atomic E-state index is -0.307. The predicted molar refractivity (Wildman–Crippen MR) is 138 cm³/mol. The second-order valence-corrected chi connectivity index (χ2v) is 9.18. The smallest absolute Gasteiger partial charge is 0.223 e. The lowest BCUT2D eigenvalue weighted by Gasteiger charge is -2.20. The zero-order valence-electron chi connectivity index (χ0n) is 19.4. The number of rotatable bonds is 6. The van der Waals surface area contributed by atoms with Crippen LogP contribution in [-0.2, 0) is 9.47 Å². The van der Waals surface area contributed by atoms with Crippen LogP contribution >= 0.6 is 12.2 Å². The summed E-state index contributed by atoms with van der Waals surface area (Å²) in [5.41, 5.74) is 3.35.